The Morgan fingerprint density at radius 1 is 1.09 bits per heavy atom. The smallest absolute Gasteiger partial charge is 0.246 e. The molecule has 35 heavy (non-hydrogen) atoms. The summed E-state index contributed by atoms with van der Waals surface area (Å²) in [6, 6.07) is 7.36. The van der Waals surface area contributed by atoms with Crippen LogP contribution in [0, 0.1) is 29.1 Å². The van der Waals surface area contributed by atoms with Crippen molar-refractivity contribution in [2.45, 2.75) is 75.1 Å². The van der Waals surface area contributed by atoms with Gasteiger partial charge in [0.25, 0.3) is 0 Å². The summed E-state index contributed by atoms with van der Waals surface area (Å²) < 4.78 is 0. The summed E-state index contributed by atoms with van der Waals surface area (Å²) in [4.78, 5) is 41.4. The number of piperidine rings is 1. The van der Waals surface area contributed by atoms with E-state index in [9.17, 15) is 19.5 Å². The van der Waals surface area contributed by atoms with Crippen molar-refractivity contribution in [3.63, 3.8) is 0 Å². The van der Waals surface area contributed by atoms with Gasteiger partial charge in [-0.25, -0.2) is 0 Å². The highest BCUT2D eigenvalue weighted by molar-refractivity contribution is 5.94. The Morgan fingerprint density at radius 3 is 2.40 bits per heavy atom. The van der Waals surface area contributed by atoms with E-state index in [1.54, 1.807) is 4.90 Å². The van der Waals surface area contributed by atoms with Gasteiger partial charge in [0, 0.05) is 12.0 Å². The summed E-state index contributed by atoms with van der Waals surface area (Å²) >= 11 is 0. The maximum Gasteiger partial charge on any atom is 0.246 e. The van der Waals surface area contributed by atoms with Gasteiger partial charge < -0.3 is 26.8 Å². The first-order valence-corrected chi connectivity index (χ1v) is 13.1. The van der Waals surface area contributed by atoms with Gasteiger partial charge in [0.05, 0.1) is 11.6 Å². The number of rotatable bonds is 7. The molecular weight excluding hydrogens is 444 g/mol. The van der Waals surface area contributed by atoms with Crippen molar-refractivity contribution in [2.24, 2.45) is 40.6 Å². The molecule has 1 aromatic carbocycles. The number of carbonyl (C=O) groups excluding carboxylic acids is 3. The van der Waals surface area contributed by atoms with Crippen molar-refractivity contribution < 1.29 is 19.5 Å². The number of nitrogens with two attached hydrogens (primary N) is 2. The molecule has 188 valence electrons. The summed E-state index contributed by atoms with van der Waals surface area (Å²) in [5.41, 5.74) is 11.7. The Balaban J connectivity index is 1.29. The molecule has 5 saturated carbocycles. The number of hydrogen-bond donors (Lipinski definition) is 4. The normalized spacial score (nSPS) is 40.2. The lowest BCUT2D eigenvalue weighted by Crippen LogP contribution is -2.68. The van der Waals surface area contributed by atoms with E-state index < -0.39 is 35.0 Å². The predicted octanol–water partition coefficient (Wildman–Crippen LogP) is 0.705. The van der Waals surface area contributed by atoms with E-state index in [1.165, 1.54) is 0 Å². The van der Waals surface area contributed by atoms with Crippen LogP contribution in [0.5, 0.6) is 0 Å². The monoisotopic (exact) mass is 480 g/mol. The van der Waals surface area contributed by atoms with E-state index in [4.69, 9.17) is 11.5 Å². The second-order valence-electron chi connectivity index (χ2n) is 12.3. The molecule has 6 N–H and O–H groups in total. The highest BCUT2D eigenvalue weighted by Crippen LogP contribution is 2.63. The minimum absolute atomic E-state index is 0.133. The van der Waals surface area contributed by atoms with Crippen LogP contribution >= 0.6 is 0 Å². The van der Waals surface area contributed by atoms with Gasteiger partial charge in [-0.15, -0.1) is 0 Å². The van der Waals surface area contributed by atoms with Gasteiger partial charge in [-0.05, 0) is 80.6 Å². The number of likely N-dealkylation sites (tertiary alicyclic amines) is 1. The van der Waals surface area contributed by atoms with Gasteiger partial charge in [-0.3, -0.25) is 14.4 Å². The van der Waals surface area contributed by atoms with Crippen LogP contribution in [0.3, 0.4) is 0 Å². The maximum absolute atomic E-state index is 14.1. The SMILES string of the molecule is NC(=O)C1C2CC2CN1C(=O)C(NC(=O)C(N)Cc1ccccc1)C12CC3CC(CC(O)(C3)C1)C2. The summed E-state index contributed by atoms with van der Waals surface area (Å²) in [5.74, 6) is 0.0816. The molecule has 0 spiro atoms. The van der Waals surface area contributed by atoms with Crippen LogP contribution in [0.25, 0.3) is 0 Å². The van der Waals surface area contributed by atoms with Crippen molar-refractivity contribution >= 4 is 17.7 Å². The molecule has 8 nitrogen and oxygen atoms in total. The van der Waals surface area contributed by atoms with Crippen LogP contribution in [-0.4, -0.2) is 58.0 Å². The van der Waals surface area contributed by atoms with Crippen molar-refractivity contribution in [1.29, 1.82) is 0 Å². The molecule has 0 radical (unpaired) electrons. The number of primary amides is 1. The largest absolute Gasteiger partial charge is 0.390 e. The van der Waals surface area contributed by atoms with Crippen molar-refractivity contribution in [3.05, 3.63) is 35.9 Å². The van der Waals surface area contributed by atoms with Gasteiger partial charge in [0.1, 0.15) is 12.1 Å². The molecule has 5 aliphatic carbocycles. The number of carbonyl (C=O) groups is 3. The average Bonchev–Trinajstić information content (AvgIpc) is 3.44. The standard InChI is InChI=1S/C27H36N4O4/c28-20(7-15-4-2-1-3-5-15)24(33)30-22(25(34)31-13-18-8-19(18)21(31)23(29)32)26-9-16-6-17(10-26)12-27(35,11-16)14-26/h1-5,16-22,35H,6-14,28H2,(H2,29,32)(H,30,33). The topological polar surface area (TPSA) is 139 Å². The highest BCUT2D eigenvalue weighted by atomic mass is 16.3. The predicted molar refractivity (Wildman–Crippen MR) is 128 cm³/mol. The first-order chi connectivity index (χ1) is 16.7. The zero-order chi connectivity index (χ0) is 24.5. The molecular formula is C27H36N4O4. The molecule has 1 heterocycles. The zero-order valence-electron chi connectivity index (χ0n) is 20.1. The van der Waals surface area contributed by atoms with Crippen molar-refractivity contribution in [3.8, 4) is 0 Å². The maximum atomic E-state index is 14.1. The second-order valence-corrected chi connectivity index (χ2v) is 12.3. The number of amides is 3. The van der Waals surface area contributed by atoms with E-state index in [2.05, 4.69) is 5.32 Å². The number of hydrogen-bond acceptors (Lipinski definition) is 5. The molecule has 6 aliphatic rings. The molecule has 1 aromatic rings. The van der Waals surface area contributed by atoms with Gasteiger partial charge in [-0.2, -0.15) is 0 Å². The second kappa shape index (κ2) is 8.03. The number of aliphatic hydroxyl groups is 1. The van der Waals surface area contributed by atoms with E-state index in [-0.39, 0.29) is 17.7 Å². The Hall–Kier alpha value is -2.45. The summed E-state index contributed by atoms with van der Waals surface area (Å²) in [5, 5.41) is 14.4. The number of nitrogens with one attached hydrogen (secondary N) is 1. The molecule has 1 aliphatic heterocycles. The molecule has 6 fully saturated rings. The summed E-state index contributed by atoms with van der Waals surface area (Å²) in [6.07, 6.45) is 6.01. The van der Waals surface area contributed by atoms with Crippen molar-refractivity contribution in [1.82, 2.24) is 10.2 Å². The molecule has 4 bridgehead atoms. The van der Waals surface area contributed by atoms with Gasteiger partial charge in [-0.1, -0.05) is 30.3 Å². The minimum atomic E-state index is -0.811. The fourth-order valence-corrected chi connectivity index (χ4v) is 8.53. The third kappa shape index (κ3) is 3.95. The number of nitrogens with zero attached hydrogens (tertiary/aromatic N) is 1. The van der Waals surface area contributed by atoms with Crippen LogP contribution in [0.4, 0.5) is 0 Å². The van der Waals surface area contributed by atoms with Gasteiger partial charge in [0.2, 0.25) is 17.7 Å². The Kier molecular flexibility index (Phi) is 5.27. The molecule has 0 aromatic heterocycles. The first-order valence-electron chi connectivity index (χ1n) is 13.1. The van der Waals surface area contributed by atoms with Gasteiger partial charge >= 0.3 is 0 Å². The lowest BCUT2D eigenvalue weighted by atomic mass is 9.46. The Morgan fingerprint density at radius 2 is 1.77 bits per heavy atom. The van der Waals surface area contributed by atoms with Crippen LogP contribution < -0.4 is 16.8 Å². The van der Waals surface area contributed by atoms with E-state index in [0.717, 1.165) is 44.1 Å². The van der Waals surface area contributed by atoms with Crippen LogP contribution in [0.2, 0.25) is 0 Å². The zero-order valence-corrected chi connectivity index (χ0v) is 20.1. The van der Waals surface area contributed by atoms with Crippen LogP contribution in [0.15, 0.2) is 30.3 Å². The van der Waals surface area contributed by atoms with Crippen LogP contribution in [-0.2, 0) is 20.8 Å². The van der Waals surface area contributed by atoms with Gasteiger partial charge in [0.15, 0.2) is 0 Å². The Labute approximate surface area is 205 Å². The van der Waals surface area contributed by atoms with Crippen LogP contribution in [0.1, 0.15) is 50.5 Å². The first kappa shape index (κ1) is 23.0. The Bertz CT molecular complexity index is 1030. The van der Waals surface area contributed by atoms with E-state index >= 15 is 0 Å². The fourth-order valence-electron chi connectivity index (χ4n) is 8.53. The molecule has 1 saturated heterocycles. The lowest BCUT2D eigenvalue weighted by molar-refractivity contribution is -0.182. The lowest BCUT2D eigenvalue weighted by Gasteiger charge is -2.62. The minimum Gasteiger partial charge on any atom is -0.390 e. The summed E-state index contributed by atoms with van der Waals surface area (Å²) in [6.45, 7) is 0.507. The van der Waals surface area contributed by atoms with Crippen molar-refractivity contribution in [2.75, 3.05) is 6.54 Å². The van der Waals surface area contributed by atoms with E-state index in [1.807, 2.05) is 30.3 Å². The highest BCUT2D eigenvalue weighted by Gasteiger charge is 2.64. The van der Waals surface area contributed by atoms with E-state index in [0.29, 0.717) is 37.1 Å². The third-order valence-electron chi connectivity index (χ3n) is 9.58. The average molecular weight is 481 g/mol. The third-order valence-corrected chi connectivity index (χ3v) is 9.58. The molecule has 7 atom stereocenters. The number of benzene rings is 1. The molecule has 3 amide bonds. The molecule has 7 unspecified atom stereocenters. The molecule has 7 rings (SSSR count). The number of fused-ring (bicyclic) bond motifs is 1. The summed E-state index contributed by atoms with van der Waals surface area (Å²) in [7, 11) is 0. The molecule has 8 heteroatoms. The fraction of sp³-hybridized carbons (Fsp3) is 0.667. The quantitative estimate of drug-likeness (QED) is 0.455.